The molecule has 0 saturated heterocycles. The Morgan fingerprint density at radius 2 is 2.22 bits per heavy atom. The molecule has 1 aliphatic heterocycles. The average molecular weight is 191 g/mol. The summed E-state index contributed by atoms with van der Waals surface area (Å²) in [6, 6.07) is -0.575. The van der Waals surface area contributed by atoms with E-state index in [2.05, 4.69) is 20.9 Å². The third-order valence-electron chi connectivity index (χ3n) is 0.846. The second kappa shape index (κ2) is 2.26. The molecule has 0 fully saturated rings. The predicted octanol–water partition coefficient (Wildman–Crippen LogP) is 0.0721. The Kier molecular flexibility index (Phi) is 1.61. The van der Waals surface area contributed by atoms with Crippen LogP contribution >= 0.6 is 15.9 Å². The molecule has 3 amide bonds. The minimum atomic E-state index is -0.575. The number of aliphatic imine (C=N–C) groups is 1. The molecule has 0 atom stereocenters. The number of alkyl halides is 1. The third kappa shape index (κ3) is 1.16. The molecule has 48 valence electrons. The van der Waals surface area contributed by atoms with Gasteiger partial charge in [-0.25, -0.2) is 4.79 Å². The number of imide groups is 1. The van der Waals surface area contributed by atoms with Crippen molar-refractivity contribution < 1.29 is 9.59 Å². The van der Waals surface area contributed by atoms with Gasteiger partial charge in [-0.15, -0.1) is 0 Å². The Morgan fingerprint density at radius 3 is 2.44 bits per heavy atom. The molecular weight excluding hydrogens is 188 g/mol. The van der Waals surface area contributed by atoms with Gasteiger partial charge in [-0.3, -0.25) is 10.1 Å². The van der Waals surface area contributed by atoms with E-state index in [0.29, 0.717) is 5.33 Å². The van der Waals surface area contributed by atoms with Gasteiger partial charge in [-0.2, -0.15) is 4.99 Å². The maximum absolute atomic E-state index is 10.5. The van der Waals surface area contributed by atoms with Crippen molar-refractivity contribution in [2.75, 3.05) is 5.33 Å². The fourth-order valence-corrected chi connectivity index (χ4v) is 0.841. The number of carbonyl (C=O) groups excluding carboxylic acids is 2. The normalized spacial score (nSPS) is 17.7. The summed E-state index contributed by atoms with van der Waals surface area (Å²) in [6.45, 7) is 0. The lowest BCUT2D eigenvalue weighted by molar-refractivity contribution is -0.113. The first-order valence-corrected chi connectivity index (χ1v) is 3.35. The Hall–Kier alpha value is -0.710. The molecule has 0 aromatic carbocycles. The fourth-order valence-electron chi connectivity index (χ4n) is 0.461. The molecule has 1 rings (SSSR count). The van der Waals surface area contributed by atoms with Crippen LogP contribution < -0.4 is 5.32 Å². The van der Waals surface area contributed by atoms with Crippen LogP contribution in [0.25, 0.3) is 0 Å². The van der Waals surface area contributed by atoms with Crippen molar-refractivity contribution in [2.24, 2.45) is 4.99 Å². The van der Waals surface area contributed by atoms with E-state index in [1.807, 2.05) is 5.32 Å². The molecule has 0 aromatic heterocycles. The Balaban J connectivity index is 2.80. The van der Waals surface area contributed by atoms with E-state index in [1.54, 1.807) is 0 Å². The highest BCUT2D eigenvalue weighted by Gasteiger charge is 2.20. The monoisotopic (exact) mass is 190 g/mol. The number of nitrogens with one attached hydrogen (secondary N) is 1. The van der Waals surface area contributed by atoms with Crippen molar-refractivity contribution in [3.63, 3.8) is 0 Å². The van der Waals surface area contributed by atoms with Gasteiger partial charge < -0.3 is 0 Å². The molecule has 0 bridgehead atoms. The molecule has 9 heavy (non-hydrogen) atoms. The van der Waals surface area contributed by atoms with E-state index in [0.717, 1.165) is 0 Å². The maximum Gasteiger partial charge on any atom is 0.348 e. The van der Waals surface area contributed by atoms with Crippen LogP contribution in [0.1, 0.15) is 0 Å². The van der Waals surface area contributed by atoms with Crippen molar-refractivity contribution >= 4 is 33.6 Å². The standard InChI is InChI=1S/C4H3BrN2O2/c5-1-2-3(8)7-4(9)6-2/h1H2,(H,7,8,9). The van der Waals surface area contributed by atoms with Gasteiger partial charge in [0.25, 0.3) is 5.91 Å². The topological polar surface area (TPSA) is 58.5 Å². The van der Waals surface area contributed by atoms with Gasteiger partial charge in [0.1, 0.15) is 5.71 Å². The number of urea groups is 1. The highest BCUT2D eigenvalue weighted by atomic mass is 79.9. The summed E-state index contributed by atoms with van der Waals surface area (Å²) in [5.74, 6) is -0.406. The molecule has 1 heterocycles. The van der Waals surface area contributed by atoms with Crippen molar-refractivity contribution in [1.82, 2.24) is 5.32 Å². The first kappa shape index (κ1) is 6.41. The first-order valence-electron chi connectivity index (χ1n) is 2.23. The van der Waals surface area contributed by atoms with Gasteiger partial charge in [0.2, 0.25) is 0 Å². The molecule has 0 spiro atoms. The van der Waals surface area contributed by atoms with Gasteiger partial charge in [0.15, 0.2) is 0 Å². The van der Waals surface area contributed by atoms with Crippen LogP contribution in [0.5, 0.6) is 0 Å². The Morgan fingerprint density at radius 1 is 1.56 bits per heavy atom. The largest absolute Gasteiger partial charge is 0.348 e. The average Bonchev–Trinajstić information content (AvgIpc) is 2.10. The molecule has 5 heteroatoms. The summed E-state index contributed by atoms with van der Waals surface area (Å²) in [6.07, 6.45) is 0. The van der Waals surface area contributed by atoms with E-state index in [9.17, 15) is 9.59 Å². The van der Waals surface area contributed by atoms with E-state index in [1.165, 1.54) is 0 Å². The molecule has 1 N–H and O–H groups in total. The van der Waals surface area contributed by atoms with Crippen LogP contribution in [-0.2, 0) is 4.79 Å². The lowest BCUT2D eigenvalue weighted by atomic mass is 10.4. The van der Waals surface area contributed by atoms with E-state index in [-0.39, 0.29) is 5.71 Å². The molecule has 0 aliphatic carbocycles. The number of rotatable bonds is 1. The van der Waals surface area contributed by atoms with E-state index >= 15 is 0 Å². The molecule has 4 nitrogen and oxygen atoms in total. The first-order chi connectivity index (χ1) is 4.24. The summed E-state index contributed by atoms with van der Waals surface area (Å²) >= 11 is 3.00. The van der Waals surface area contributed by atoms with Crippen molar-refractivity contribution in [1.29, 1.82) is 0 Å². The van der Waals surface area contributed by atoms with Crippen molar-refractivity contribution in [2.45, 2.75) is 0 Å². The second-order valence-electron chi connectivity index (χ2n) is 1.45. The quantitative estimate of drug-likeness (QED) is 0.596. The Labute approximate surface area is 59.5 Å². The summed E-state index contributed by atoms with van der Waals surface area (Å²) in [5, 5.41) is 2.33. The van der Waals surface area contributed by atoms with Crippen molar-refractivity contribution in [3.8, 4) is 0 Å². The van der Waals surface area contributed by atoms with Gasteiger partial charge in [-0.1, -0.05) is 15.9 Å². The zero-order valence-corrected chi connectivity index (χ0v) is 5.93. The third-order valence-corrected chi connectivity index (χ3v) is 1.38. The van der Waals surface area contributed by atoms with Gasteiger partial charge >= 0.3 is 6.03 Å². The summed E-state index contributed by atoms with van der Waals surface area (Å²) in [4.78, 5) is 24.2. The number of carbonyl (C=O) groups is 2. The van der Waals surface area contributed by atoms with Gasteiger partial charge in [-0.05, 0) is 0 Å². The van der Waals surface area contributed by atoms with Crippen LogP contribution in [0, 0.1) is 0 Å². The summed E-state index contributed by atoms with van der Waals surface area (Å²) in [5.41, 5.74) is 0.236. The maximum atomic E-state index is 10.5. The number of halogens is 1. The number of hydrogen-bond acceptors (Lipinski definition) is 2. The van der Waals surface area contributed by atoms with Gasteiger partial charge in [0.05, 0.1) is 5.33 Å². The van der Waals surface area contributed by atoms with E-state index in [4.69, 9.17) is 0 Å². The number of amides is 3. The van der Waals surface area contributed by atoms with Crippen LogP contribution in [0.2, 0.25) is 0 Å². The zero-order chi connectivity index (χ0) is 6.85. The lowest BCUT2D eigenvalue weighted by Gasteiger charge is -1.84. The molecule has 0 aromatic rings. The lowest BCUT2D eigenvalue weighted by Crippen LogP contribution is -2.25. The second-order valence-corrected chi connectivity index (χ2v) is 2.01. The predicted molar refractivity (Wildman–Crippen MR) is 34.8 cm³/mol. The molecule has 1 aliphatic rings. The summed E-state index contributed by atoms with van der Waals surface area (Å²) < 4.78 is 0. The minimum absolute atomic E-state index is 0.236. The smallest absolute Gasteiger partial charge is 0.271 e. The molecule has 0 unspecified atom stereocenters. The van der Waals surface area contributed by atoms with Gasteiger partial charge in [0, 0.05) is 0 Å². The number of hydrogen-bond donors (Lipinski definition) is 1. The Bertz CT molecular complexity index is 199. The van der Waals surface area contributed by atoms with Crippen LogP contribution in [0.4, 0.5) is 4.79 Å². The van der Waals surface area contributed by atoms with Crippen molar-refractivity contribution in [3.05, 3.63) is 0 Å². The SMILES string of the molecule is O=C1N=C(CBr)C(=O)N1. The van der Waals surface area contributed by atoms with Crippen LogP contribution in [0.15, 0.2) is 4.99 Å². The molecular formula is C4H3BrN2O2. The molecule has 0 radical (unpaired) electrons. The van der Waals surface area contributed by atoms with Crippen LogP contribution in [0.3, 0.4) is 0 Å². The fraction of sp³-hybridized carbons (Fsp3) is 0.250. The highest BCUT2D eigenvalue weighted by molar-refractivity contribution is 9.09. The number of nitrogens with zero attached hydrogens (tertiary/aromatic N) is 1. The highest BCUT2D eigenvalue weighted by Crippen LogP contribution is 1.94. The minimum Gasteiger partial charge on any atom is -0.271 e. The molecule has 0 saturated carbocycles. The van der Waals surface area contributed by atoms with E-state index < -0.39 is 11.9 Å². The summed E-state index contributed by atoms with van der Waals surface area (Å²) in [7, 11) is 0. The zero-order valence-electron chi connectivity index (χ0n) is 4.35. The van der Waals surface area contributed by atoms with Crippen LogP contribution in [-0.4, -0.2) is 23.0 Å².